The van der Waals surface area contributed by atoms with Gasteiger partial charge in [0.2, 0.25) is 0 Å². The second kappa shape index (κ2) is 11.9. The molecule has 4 aromatic rings. The van der Waals surface area contributed by atoms with E-state index in [1.807, 2.05) is 48.7 Å². The number of pyridine rings is 4. The van der Waals surface area contributed by atoms with Crippen LogP contribution >= 0.6 is 11.8 Å². The number of nitrogens with one attached hydrogen (secondary N) is 1. The van der Waals surface area contributed by atoms with Crippen LogP contribution in [-0.2, 0) is 6.54 Å². The minimum Gasteiger partial charge on any atom is -0.392 e. The number of rotatable bonds is 10. The summed E-state index contributed by atoms with van der Waals surface area (Å²) in [4.78, 5) is 33.8. The Labute approximate surface area is 215 Å². The number of nitrogens with zero attached hydrogens (tertiary/aromatic N) is 5. The highest BCUT2D eigenvalue weighted by molar-refractivity contribution is 7.98. The number of hydrogen-bond donors (Lipinski definition) is 2. The minimum atomic E-state index is -0.446. The molecule has 0 aromatic carbocycles. The molecule has 0 fully saturated rings. The van der Waals surface area contributed by atoms with Gasteiger partial charge in [-0.25, -0.2) is 9.97 Å². The number of thioether (sulfide) groups is 1. The molecule has 4 aromatic heterocycles. The quantitative estimate of drug-likeness (QED) is 0.309. The molecule has 0 bridgehead atoms. The van der Waals surface area contributed by atoms with Crippen LogP contribution in [0.3, 0.4) is 0 Å². The second-order valence-electron chi connectivity index (χ2n) is 8.54. The molecule has 4 heterocycles. The lowest BCUT2D eigenvalue weighted by molar-refractivity contribution is 0.0949. The summed E-state index contributed by atoms with van der Waals surface area (Å²) in [6, 6.07) is 13.5. The lowest BCUT2D eigenvalue weighted by atomic mass is 10.2. The highest BCUT2D eigenvalue weighted by Crippen LogP contribution is 2.23. The van der Waals surface area contributed by atoms with Crippen molar-refractivity contribution in [2.45, 2.75) is 37.8 Å². The van der Waals surface area contributed by atoms with Gasteiger partial charge in [0.25, 0.3) is 5.91 Å². The fraction of sp³-hybridized carbons (Fsp3) is 0.296. The molecule has 8 nitrogen and oxygen atoms in total. The first-order chi connectivity index (χ1) is 17.5. The average Bonchev–Trinajstić information content (AvgIpc) is 2.91. The Kier molecular flexibility index (Phi) is 8.45. The van der Waals surface area contributed by atoms with E-state index in [0.29, 0.717) is 17.8 Å². The standard InChI is InChI=1S/C27H30N6O2S/c1-4-10-33(17-18(2)34)26-7-5-6-23(32-26)24-9-8-19-14-29-21(12-25(19)31-24)15-30-27(35)20-11-22(36-3)16-28-13-20/h5-9,11-14,16,18,34H,4,10,15,17H2,1-3H3,(H,30,35). The molecule has 186 valence electrons. The van der Waals surface area contributed by atoms with E-state index in [1.165, 1.54) is 0 Å². The Morgan fingerprint density at radius 3 is 2.72 bits per heavy atom. The molecule has 1 unspecified atom stereocenters. The van der Waals surface area contributed by atoms with Crippen LogP contribution in [0.2, 0.25) is 0 Å². The highest BCUT2D eigenvalue weighted by Gasteiger charge is 2.13. The maximum Gasteiger partial charge on any atom is 0.253 e. The molecule has 9 heteroatoms. The molecule has 0 saturated carbocycles. The highest BCUT2D eigenvalue weighted by atomic mass is 32.2. The zero-order valence-electron chi connectivity index (χ0n) is 20.7. The van der Waals surface area contributed by atoms with Crippen LogP contribution in [0.4, 0.5) is 5.82 Å². The number of anilines is 1. The number of aliphatic hydroxyl groups excluding tert-OH is 1. The van der Waals surface area contributed by atoms with Gasteiger partial charge in [-0.15, -0.1) is 11.8 Å². The summed E-state index contributed by atoms with van der Waals surface area (Å²) in [5, 5.41) is 13.7. The summed E-state index contributed by atoms with van der Waals surface area (Å²) >= 11 is 1.54. The molecular formula is C27H30N6O2S. The fourth-order valence-corrected chi connectivity index (χ4v) is 4.27. The summed E-state index contributed by atoms with van der Waals surface area (Å²) in [5.41, 5.74) is 3.51. The SMILES string of the molecule is CCCN(CC(C)O)c1cccc(-c2ccc3cnc(CNC(=O)c4cncc(SC)c4)cc3n2)n1. The van der Waals surface area contributed by atoms with Crippen molar-refractivity contribution in [3.63, 3.8) is 0 Å². The van der Waals surface area contributed by atoms with Crippen LogP contribution in [0.5, 0.6) is 0 Å². The number of carbonyl (C=O) groups excluding carboxylic acids is 1. The van der Waals surface area contributed by atoms with E-state index in [-0.39, 0.29) is 12.5 Å². The predicted octanol–water partition coefficient (Wildman–Crippen LogP) is 4.34. The Morgan fingerprint density at radius 1 is 1.11 bits per heavy atom. The van der Waals surface area contributed by atoms with Gasteiger partial charge in [-0.05, 0) is 56.0 Å². The minimum absolute atomic E-state index is 0.197. The van der Waals surface area contributed by atoms with E-state index in [2.05, 4.69) is 27.1 Å². The van der Waals surface area contributed by atoms with Gasteiger partial charge in [0.05, 0.1) is 40.8 Å². The molecular weight excluding hydrogens is 472 g/mol. The Balaban J connectivity index is 1.54. The number of amides is 1. The number of aliphatic hydroxyl groups is 1. The van der Waals surface area contributed by atoms with E-state index in [0.717, 1.165) is 46.0 Å². The summed E-state index contributed by atoms with van der Waals surface area (Å²) in [6.45, 7) is 5.50. The summed E-state index contributed by atoms with van der Waals surface area (Å²) in [7, 11) is 0. The third kappa shape index (κ3) is 6.35. The predicted molar refractivity (Wildman–Crippen MR) is 144 cm³/mol. The van der Waals surface area contributed by atoms with Gasteiger partial charge in [0, 0.05) is 42.0 Å². The van der Waals surface area contributed by atoms with Crippen molar-refractivity contribution in [3.05, 3.63) is 72.3 Å². The van der Waals surface area contributed by atoms with Crippen molar-refractivity contribution >= 4 is 34.4 Å². The lowest BCUT2D eigenvalue weighted by Crippen LogP contribution is -2.32. The van der Waals surface area contributed by atoms with E-state index in [1.54, 1.807) is 37.3 Å². The topological polar surface area (TPSA) is 104 Å². The van der Waals surface area contributed by atoms with Gasteiger partial charge in [0.15, 0.2) is 0 Å². The van der Waals surface area contributed by atoms with E-state index in [4.69, 9.17) is 9.97 Å². The zero-order chi connectivity index (χ0) is 25.5. The third-order valence-electron chi connectivity index (χ3n) is 5.57. The average molecular weight is 503 g/mol. The molecule has 0 aliphatic rings. The molecule has 0 aliphatic carbocycles. The van der Waals surface area contributed by atoms with Crippen molar-refractivity contribution in [2.24, 2.45) is 0 Å². The van der Waals surface area contributed by atoms with E-state index >= 15 is 0 Å². The van der Waals surface area contributed by atoms with Gasteiger partial charge < -0.3 is 15.3 Å². The molecule has 0 radical (unpaired) electrons. The monoisotopic (exact) mass is 502 g/mol. The number of fused-ring (bicyclic) bond motifs is 1. The van der Waals surface area contributed by atoms with Crippen LogP contribution in [0.25, 0.3) is 22.3 Å². The van der Waals surface area contributed by atoms with Crippen LogP contribution in [0, 0.1) is 0 Å². The Hall–Kier alpha value is -3.56. The molecule has 0 saturated heterocycles. The van der Waals surface area contributed by atoms with E-state index < -0.39 is 6.10 Å². The number of carbonyl (C=O) groups is 1. The first kappa shape index (κ1) is 25.5. The Bertz CT molecular complexity index is 1350. The van der Waals surface area contributed by atoms with Crippen LogP contribution in [0.1, 0.15) is 36.3 Å². The fourth-order valence-electron chi connectivity index (χ4n) is 3.86. The van der Waals surface area contributed by atoms with Crippen LogP contribution < -0.4 is 10.2 Å². The largest absolute Gasteiger partial charge is 0.392 e. The van der Waals surface area contributed by atoms with Crippen molar-refractivity contribution in [1.29, 1.82) is 0 Å². The molecule has 1 atom stereocenters. The van der Waals surface area contributed by atoms with Gasteiger partial charge in [0.1, 0.15) is 5.82 Å². The first-order valence-electron chi connectivity index (χ1n) is 11.9. The van der Waals surface area contributed by atoms with Gasteiger partial charge in [-0.2, -0.15) is 0 Å². The molecule has 2 N–H and O–H groups in total. The van der Waals surface area contributed by atoms with Crippen LogP contribution in [-0.4, -0.2) is 56.4 Å². The summed E-state index contributed by atoms with van der Waals surface area (Å²) in [5.74, 6) is 0.618. The first-order valence-corrected chi connectivity index (χ1v) is 13.1. The summed E-state index contributed by atoms with van der Waals surface area (Å²) < 4.78 is 0. The van der Waals surface area contributed by atoms with Crippen molar-refractivity contribution in [2.75, 3.05) is 24.2 Å². The number of hydrogen-bond acceptors (Lipinski definition) is 8. The van der Waals surface area contributed by atoms with Gasteiger partial charge in [-0.1, -0.05) is 13.0 Å². The molecule has 36 heavy (non-hydrogen) atoms. The molecule has 1 amide bonds. The van der Waals surface area contributed by atoms with Crippen molar-refractivity contribution in [3.8, 4) is 11.4 Å². The normalized spacial score (nSPS) is 11.9. The molecule has 4 rings (SSSR count). The lowest BCUT2D eigenvalue weighted by Gasteiger charge is -2.25. The van der Waals surface area contributed by atoms with Crippen molar-refractivity contribution < 1.29 is 9.90 Å². The van der Waals surface area contributed by atoms with Crippen molar-refractivity contribution in [1.82, 2.24) is 25.3 Å². The Morgan fingerprint density at radius 2 is 1.94 bits per heavy atom. The van der Waals surface area contributed by atoms with E-state index in [9.17, 15) is 9.90 Å². The zero-order valence-corrected chi connectivity index (χ0v) is 21.5. The second-order valence-corrected chi connectivity index (χ2v) is 9.42. The number of aromatic nitrogens is 4. The van der Waals surface area contributed by atoms with Crippen LogP contribution in [0.15, 0.2) is 66.0 Å². The van der Waals surface area contributed by atoms with Gasteiger partial charge >= 0.3 is 0 Å². The molecule has 0 spiro atoms. The third-order valence-corrected chi connectivity index (χ3v) is 6.26. The van der Waals surface area contributed by atoms with Gasteiger partial charge in [-0.3, -0.25) is 14.8 Å². The maximum atomic E-state index is 12.6. The summed E-state index contributed by atoms with van der Waals surface area (Å²) in [6.07, 6.45) is 7.51. The smallest absolute Gasteiger partial charge is 0.253 e. The molecule has 0 aliphatic heterocycles. The maximum absolute atomic E-state index is 12.6.